The lowest BCUT2D eigenvalue weighted by Crippen LogP contribution is -2.27. The zero-order valence-electron chi connectivity index (χ0n) is 12.8. The second kappa shape index (κ2) is 6.35. The van der Waals surface area contributed by atoms with Gasteiger partial charge in [0.2, 0.25) is 0 Å². The minimum atomic E-state index is 0.363. The Morgan fingerprint density at radius 2 is 2.24 bits per heavy atom. The van der Waals surface area contributed by atoms with Gasteiger partial charge in [0.05, 0.1) is 17.1 Å². The Hall–Kier alpha value is -1.75. The molecule has 2 aromatic heterocycles. The van der Waals surface area contributed by atoms with E-state index >= 15 is 0 Å². The van der Waals surface area contributed by atoms with Gasteiger partial charge in [-0.3, -0.25) is 4.68 Å². The molecule has 1 saturated heterocycles. The van der Waals surface area contributed by atoms with Gasteiger partial charge in [-0.1, -0.05) is 13.3 Å². The molecular formula is C16H23N5. The molecule has 112 valence electrons. The Morgan fingerprint density at radius 3 is 3.00 bits per heavy atom. The summed E-state index contributed by atoms with van der Waals surface area (Å²) in [6.45, 7) is 6.13. The van der Waals surface area contributed by atoms with Gasteiger partial charge in [-0.05, 0) is 44.9 Å². The van der Waals surface area contributed by atoms with E-state index in [1.165, 1.54) is 12.8 Å². The van der Waals surface area contributed by atoms with E-state index in [0.29, 0.717) is 6.04 Å². The average Bonchev–Trinajstić information content (AvgIpc) is 2.96. The lowest BCUT2D eigenvalue weighted by molar-refractivity contribution is 0.404. The number of nitrogens with zero attached hydrogens (tertiary/aromatic N) is 4. The molecule has 1 atom stereocenters. The van der Waals surface area contributed by atoms with E-state index < -0.39 is 0 Å². The number of hydrogen-bond acceptors (Lipinski definition) is 4. The van der Waals surface area contributed by atoms with Gasteiger partial charge in [0.15, 0.2) is 0 Å². The number of hydrogen-bond donors (Lipinski definition) is 1. The molecule has 5 heteroatoms. The number of aromatic nitrogens is 4. The van der Waals surface area contributed by atoms with Gasteiger partial charge in [0.1, 0.15) is 5.82 Å². The minimum Gasteiger partial charge on any atom is -0.309 e. The summed E-state index contributed by atoms with van der Waals surface area (Å²) in [7, 11) is 0. The maximum Gasteiger partial charge on any atom is 0.126 e. The molecule has 1 fully saturated rings. The van der Waals surface area contributed by atoms with Crippen molar-refractivity contribution in [2.45, 2.75) is 52.1 Å². The van der Waals surface area contributed by atoms with Gasteiger partial charge in [-0.15, -0.1) is 0 Å². The highest BCUT2D eigenvalue weighted by Crippen LogP contribution is 2.25. The average molecular weight is 285 g/mol. The maximum atomic E-state index is 4.64. The van der Waals surface area contributed by atoms with Crippen LogP contribution in [0.25, 0.3) is 11.4 Å². The van der Waals surface area contributed by atoms with E-state index in [4.69, 9.17) is 0 Å². The van der Waals surface area contributed by atoms with Crippen molar-refractivity contribution in [2.24, 2.45) is 0 Å². The summed E-state index contributed by atoms with van der Waals surface area (Å²) in [5.74, 6) is 0.833. The number of piperidine rings is 1. The van der Waals surface area contributed by atoms with E-state index in [9.17, 15) is 0 Å². The van der Waals surface area contributed by atoms with Gasteiger partial charge >= 0.3 is 0 Å². The number of rotatable bonds is 4. The topological polar surface area (TPSA) is 55.6 Å². The SMILES string of the molecule is CCCn1nccc1-c1cc([C@H]2CCCCN2)nc(C)n1. The van der Waals surface area contributed by atoms with E-state index in [1.807, 2.05) is 23.9 Å². The summed E-state index contributed by atoms with van der Waals surface area (Å²) >= 11 is 0. The largest absolute Gasteiger partial charge is 0.309 e. The van der Waals surface area contributed by atoms with Crippen LogP contribution in [0.5, 0.6) is 0 Å². The molecule has 21 heavy (non-hydrogen) atoms. The Labute approximate surface area is 125 Å². The highest BCUT2D eigenvalue weighted by atomic mass is 15.3. The van der Waals surface area contributed by atoms with Gasteiger partial charge in [0.25, 0.3) is 0 Å². The van der Waals surface area contributed by atoms with Crippen molar-refractivity contribution >= 4 is 0 Å². The van der Waals surface area contributed by atoms with Crippen LogP contribution >= 0.6 is 0 Å². The van der Waals surface area contributed by atoms with Crippen LogP contribution in [-0.2, 0) is 6.54 Å². The van der Waals surface area contributed by atoms with Crippen LogP contribution in [0.3, 0.4) is 0 Å². The van der Waals surface area contributed by atoms with Crippen molar-refractivity contribution in [2.75, 3.05) is 6.54 Å². The van der Waals surface area contributed by atoms with Crippen LogP contribution in [0.15, 0.2) is 18.3 Å². The molecule has 3 rings (SSSR count). The molecule has 3 heterocycles. The van der Waals surface area contributed by atoms with Crippen molar-refractivity contribution in [3.8, 4) is 11.4 Å². The molecule has 0 radical (unpaired) electrons. The third-order valence-corrected chi connectivity index (χ3v) is 3.94. The van der Waals surface area contributed by atoms with Crippen molar-refractivity contribution in [3.05, 3.63) is 29.8 Å². The van der Waals surface area contributed by atoms with Gasteiger partial charge < -0.3 is 5.32 Å². The van der Waals surface area contributed by atoms with Crippen molar-refractivity contribution in [1.82, 2.24) is 25.1 Å². The molecule has 5 nitrogen and oxygen atoms in total. The van der Waals surface area contributed by atoms with E-state index in [1.54, 1.807) is 0 Å². The smallest absolute Gasteiger partial charge is 0.126 e. The van der Waals surface area contributed by atoms with Gasteiger partial charge in [-0.25, -0.2) is 9.97 Å². The fourth-order valence-electron chi connectivity index (χ4n) is 2.95. The normalized spacial score (nSPS) is 18.9. The third-order valence-electron chi connectivity index (χ3n) is 3.94. The van der Waals surface area contributed by atoms with Gasteiger partial charge in [0, 0.05) is 18.8 Å². The first-order valence-corrected chi connectivity index (χ1v) is 7.89. The summed E-state index contributed by atoms with van der Waals surface area (Å²) in [6, 6.07) is 4.52. The van der Waals surface area contributed by atoms with Crippen LogP contribution in [0.4, 0.5) is 0 Å². The summed E-state index contributed by atoms with van der Waals surface area (Å²) < 4.78 is 2.03. The zero-order valence-corrected chi connectivity index (χ0v) is 12.8. The predicted molar refractivity (Wildman–Crippen MR) is 82.9 cm³/mol. The standard InChI is InChI=1S/C16H23N5/c1-3-10-21-16(7-9-18-21)15-11-14(19-12(2)20-15)13-6-4-5-8-17-13/h7,9,11,13,17H,3-6,8,10H2,1-2H3/t13-/m1/s1. The van der Waals surface area contributed by atoms with Crippen molar-refractivity contribution in [3.63, 3.8) is 0 Å². The molecular weight excluding hydrogens is 262 g/mol. The van der Waals surface area contributed by atoms with E-state index in [0.717, 1.165) is 48.8 Å². The first-order valence-electron chi connectivity index (χ1n) is 7.89. The maximum absolute atomic E-state index is 4.64. The molecule has 1 aliphatic rings. The fraction of sp³-hybridized carbons (Fsp3) is 0.562. The summed E-state index contributed by atoms with van der Waals surface area (Å²) in [6.07, 6.45) is 6.60. The second-order valence-electron chi connectivity index (χ2n) is 5.67. The Balaban J connectivity index is 1.95. The molecule has 0 amide bonds. The predicted octanol–water partition coefficient (Wildman–Crippen LogP) is 2.87. The third kappa shape index (κ3) is 3.13. The zero-order chi connectivity index (χ0) is 14.7. The first kappa shape index (κ1) is 14.2. The molecule has 0 spiro atoms. The van der Waals surface area contributed by atoms with E-state index in [-0.39, 0.29) is 0 Å². The molecule has 1 N–H and O–H groups in total. The molecule has 0 aliphatic carbocycles. The summed E-state index contributed by atoms with van der Waals surface area (Å²) in [5, 5.41) is 7.96. The van der Waals surface area contributed by atoms with E-state index in [2.05, 4.69) is 33.4 Å². The van der Waals surface area contributed by atoms with Crippen molar-refractivity contribution in [1.29, 1.82) is 0 Å². The fourth-order valence-corrected chi connectivity index (χ4v) is 2.95. The lowest BCUT2D eigenvalue weighted by Gasteiger charge is -2.23. The molecule has 1 aliphatic heterocycles. The Bertz CT molecular complexity index is 598. The number of aryl methyl sites for hydroxylation is 2. The van der Waals surface area contributed by atoms with Crippen LogP contribution in [-0.4, -0.2) is 26.3 Å². The highest BCUT2D eigenvalue weighted by molar-refractivity contribution is 5.54. The summed E-state index contributed by atoms with van der Waals surface area (Å²) in [5.41, 5.74) is 3.18. The monoisotopic (exact) mass is 285 g/mol. The Kier molecular flexibility index (Phi) is 4.29. The summed E-state index contributed by atoms with van der Waals surface area (Å²) in [4.78, 5) is 9.25. The van der Waals surface area contributed by atoms with Crippen LogP contribution in [0, 0.1) is 6.92 Å². The Morgan fingerprint density at radius 1 is 1.33 bits per heavy atom. The second-order valence-corrected chi connectivity index (χ2v) is 5.67. The molecule has 0 bridgehead atoms. The minimum absolute atomic E-state index is 0.363. The molecule has 2 aromatic rings. The number of nitrogens with one attached hydrogen (secondary N) is 1. The van der Waals surface area contributed by atoms with Gasteiger partial charge in [-0.2, -0.15) is 5.10 Å². The van der Waals surface area contributed by atoms with Crippen LogP contribution < -0.4 is 5.32 Å². The molecule has 0 aromatic carbocycles. The van der Waals surface area contributed by atoms with Crippen LogP contribution in [0.1, 0.15) is 50.2 Å². The van der Waals surface area contributed by atoms with Crippen molar-refractivity contribution < 1.29 is 0 Å². The lowest BCUT2D eigenvalue weighted by atomic mass is 10.0. The highest BCUT2D eigenvalue weighted by Gasteiger charge is 2.18. The first-order chi connectivity index (χ1) is 10.3. The molecule has 0 saturated carbocycles. The molecule has 0 unspecified atom stereocenters. The van der Waals surface area contributed by atoms with Crippen LogP contribution in [0.2, 0.25) is 0 Å². The quantitative estimate of drug-likeness (QED) is 0.938.